The average molecular weight is 256 g/mol. The van der Waals surface area contributed by atoms with Crippen LogP contribution in [0.3, 0.4) is 0 Å². The summed E-state index contributed by atoms with van der Waals surface area (Å²) >= 11 is 5.98. The van der Waals surface area contributed by atoms with Crippen LogP contribution in [-0.2, 0) is 6.42 Å². The maximum absolute atomic E-state index is 5.98. The summed E-state index contributed by atoms with van der Waals surface area (Å²) in [6, 6.07) is 2.19. The topological polar surface area (TPSA) is 37.8 Å². The second-order valence-corrected chi connectivity index (χ2v) is 5.30. The molecule has 0 aliphatic heterocycles. The molecule has 0 spiro atoms. The summed E-state index contributed by atoms with van der Waals surface area (Å²) in [6.07, 6.45) is 3.01. The highest BCUT2D eigenvalue weighted by Gasteiger charge is 2.08. The molecule has 1 unspecified atom stereocenters. The number of halogens is 1. The minimum Gasteiger partial charge on any atom is -0.367 e. The van der Waals surface area contributed by atoms with Crippen molar-refractivity contribution in [3.63, 3.8) is 0 Å². The van der Waals surface area contributed by atoms with E-state index in [9.17, 15) is 0 Å². The molecule has 0 bridgehead atoms. The molecule has 0 amide bonds. The maximum Gasteiger partial charge on any atom is 0.134 e. The molecule has 3 nitrogen and oxygen atoms in total. The number of anilines is 1. The molecular formula is C13H22ClN3. The Hall–Kier alpha value is -0.830. The summed E-state index contributed by atoms with van der Waals surface area (Å²) in [5, 5.41) is 3.89. The van der Waals surface area contributed by atoms with Gasteiger partial charge in [-0.1, -0.05) is 32.4 Å². The van der Waals surface area contributed by atoms with Crippen molar-refractivity contribution in [1.82, 2.24) is 9.97 Å². The Labute approximate surface area is 109 Å². The third-order valence-corrected chi connectivity index (χ3v) is 2.63. The summed E-state index contributed by atoms with van der Waals surface area (Å²) in [5.41, 5.74) is 0. The number of aryl methyl sites for hydroxylation is 1. The minimum absolute atomic E-state index is 0.399. The van der Waals surface area contributed by atoms with Crippen LogP contribution in [0.25, 0.3) is 0 Å². The molecule has 1 heterocycles. The lowest BCUT2D eigenvalue weighted by Gasteiger charge is -2.17. The predicted octanol–water partition coefficient (Wildman–Crippen LogP) is 3.93. The first kappa shape index (κ1) is 14.2. The van der Waals surface area contributed by atoms with Crippen LogP contribution >= 0.6 is 11.6 Å². The molecular weight excluding hydrogens is 234 g/mol. The fourth-order valence-electron chi connectivity index (χ4n) is 1.89. The van der Waals surface area contributed by atoms with Crippen LogP contribution in [0.15, 0.2) is 6.07 Å². The first-order chi connectivity index (χ1) is 8.01. The lowest BCUT2D eigenvalue weighted by molar-refractivity contribution is 0.538. The van der Waals surface area contributed by atoms with Gasteiger partial charge in [-0.2, -0.15) is 0 Å². The second-order valence-electron chi connectivity index (χ2n) is 4.92. The quantitative estimate of drug-likeness (QED) is 0.783. The van der Waals surface area contributed by atoms with E-state index in [2.05, 4.69) is 43.0 Å². The Balaban J connectivity index is 2.69. The number of rotatable bonds is 6. The van der Waals surface area contributed by atoms with Crippen molar-refractivity contribution in [3.8, 4) is 0 Å². The van der Waals surface area contributed by atoms with E-state index in [0.29, 0.717) is 17.1 Å². The van der Waals surface area contributed by atoms with Crippen LogP contribution in [0.5, 0.6) is 0 Å². The predicted molar refractivity (Wildman–Crippen MR) is 73.6 cm³/mol. The van der Waals surface area contributed by atoms with Crippen molar-refractivity contribution < 1.29 is 0 Å². The van der Waals surface area contributed by atoms with Crippen molar-refractivity contribution in [2.24, 2.45) is 5.92 Å². The molecule has 4 heteroatoms. The number of hydrogen-bond donors (Lipinski definition) is 1. The number of nitrogens with one attached hydrogen (secondary N) is 1. The number of nitrogens with zero attached hydrogens (tertiary/aromatic N) is 2. The molecule has 1 N–H and O–H groups in total. The normalized spacial score (nSPS) is 12.8. The zero-order valence-electron chi connectivity index (χ0n) is 11.1. The molecule has 96 valence electrons. The molecule has 1 rings (SSSR count). The van der Waals surface area contributed by atoms with Crippen LogP contribution < -0.4 is 5.32 Å². The van der Waals surface area contributed by atoms with Crippen LogP contribution in [0, 0.1) is 5.92 Å². The highest BCUT2D eigenvalue weighted by atomic mass is 35.5. The van der Waals surface area contributed by atoms with Gasteiger partial charge in [-0.15, -0.1) is 0 Å². The Bertz CT molecular complexity index is 353. The Kier molecular flexibility index (Phi) is 5.69. The Morgan fingerprint density at radius 1 is 1.29 bits per heavy atom. The Morgan fingerprint density at radius 2 is 2.00 bits per heavy atom. The van der Waals surface area contributed by atoms with E-state index < -0.39 is 0 Å². The van der Waals surface area contributed by atoms with Gasteiger partial charge in [0.25, 0.3) is 0 Å². The standard InChI is InChI=1S/C13H22ClN3/c1-5-6-12-16-11(14)8-13(17-12)15-10(4)7-9(2)3/h8-10H,5-7H2,1-4H3,(H,15,16,17). The molecule has 1 atom stereocenters. The van der Waals surface area contributed by atoms with Gasteiger partial charge in [-0.25, -0.2) is 9.97 Å². The van der Waals surface area contributed by atoms with Gasteiger partial charge < -0.3 is 5.32 Å². The fourth-order valence-corrected chi connectivity index (χ4v) is 2.09. The Morgan fingerprint density at radius 3 is 2.59 bits per heavy atom. The van der Waals surface area contributed by atoms with E-state index >= 15 is 0 Å². The first-order valence-corrected chi connectivity index (χ1v) is 6.69. The van der Waals surface area contributed by atoms with Crippen molar-refractivity contribution in [2.45, 2.75) is 53.0 Å². The maximum atomic E-state index is 5.98. The van der Waals surface area contributed by atoms with Gasteiger partial charge in [0, 0.05) is 18.5 Å². The highest BCUT2D eigenvalue weighted by Crippen LogP contribution is 2.15. The summed E-state index contributed by atoms with van der Waals surface area (Å²) in [5.74, 6) is 2.32. The van der Waals surface area contributed by atoms with Gasteiger partial charge in [0.05, 0.1) is 0 Å². The van der Waals surface area contributed by atoms with Crippen molar-refractivity contribution in [1.29, 1.82) is 0 Å². The van der Waals surface area contributed by atoms with Crippen molar-refractivity contribution in [2.75, 3.05) is 5.32 Å². The van der Waals surface area contributed by atoms with Crippen LogP contribution in [0.1, 0.15) is 46.4 Å². The van der Waals surface area contributed by atoms with E-state index in [1.54, 1.807) is 6.07 Å². The van der Waals surface area contributed by atoms with Crippen LogP contribution in [0.2, 0.25) is 5.15 Å². The minimum atomic E-state index is 0.399. The molecule has 17 heavy (non-hydrogen) atoms. The number of hydrogen-bond acceptors (Lipinski definition) is 3. The largest absolute Gasteiger partial charge is 0.367 e. The van der Waals surface area contributed by atoms with Gasteiger partial charge in [0.15, 0.2) is 0 Å². The average Bonchev–Trinajstić information content (AvgIpc) is 2.14. The van der Waals surface area contributed by atoms with Crippen LogP contribution in [0.4, 0.5) is 5.82 Å². The smallest absolute Gasteiger partial charge is 0.134 e. The monoisotopic (exact) mass is 255 g/mol. The van der Waals surface area contributed by atoms with Gasteiger partial charge in [0.1, 0.15) is 16.8 Å². The summed E-state index contributed by atoms with van der Waals surface area (Å²) in [4.78, 5) is 8.67. The zero-order chi connectivity index (χ0) is 12.8. The second kappa shape index (κ2) is 6.80. The summed E-state index contributed by atoms with van der Waals surface area (Å²) in [7, 11) is 0. The van der Waals surface area contributed by atoms with Crippen molar-refractivity contribution in [3.05, 3.63) is 17.0 Å². The highest BCUT2D eigenvalue weighted by molar-refractivity contribution is 6.29. The number of aromatic nitrogens is 2. The summed E-state index contributed by atoms with van der Waals surface area (Å²) < 4.78 is 0. The molecule has 1 aromatic rings. The molecule has 0 saturated carbocycles. The molecule has 0 radical (unpaired) electrons. The van der Waals surface area contributed by atoms with E-state index in [0.717, 1.165) is 30.9 Å². The van der Waals surface area contributed by atoms with Crippen molar-refractivity contribution >= 4 is 17.4 Å². The van der Waals surface area contributed by atoms with Gasteiger partial charge >= 0.3 is 0 Å². The molecule has 1 aromatic heterocycles. The molecule has 0 fully saturated rings. The summed E-state index contributed by atoms with van der Waals surface area (Å²) in [6.45, 7) is 8.70. The molecule has 0 aliphatic carbocycles. The van der Waals surface area contributed by atoms with E-state index in [-0.39, 0.29) is 0 Å². The van der Waals surface area contributed by atoms with E-state index in [4.69, 9.17) is 11.6 Å². The first-order valence-electron chi connectivity index (χ1n) is 6.31. The third-order valence-electron chi connectivity index (χ3n) is 2.43. The fraction of sp³-hybridized carbons (Fsp3) is 0.692. The van der Waals surface area contributed by atoms with E-state index in [1.165, 1.54) is 0 Å². The van der Waals surface area contributed by atoms with E-state index in [1.807, 2.05) is 0 Å². The third kappa shape index (κ3) is 5.35. The zero-order valence-corrected chi connectivity index (χ0v) is 11.9. The van der Waals surface area contributed by atoms with Gasteiger partial charge in [-0.3, -0.25) is 0 Å². The SMILES string of the molecule is CCCc1nc(Cl)cc(NC(C)CC(C)C)n1. The molecule has 0 aliphatic rings. The molecule has 0 saturated heterocycles. The lowest BCUT2D eigenvalue weighted by atomic mass is 10.1. The lowest BCUT2D eigenvalue weighted by Crippen LogP contribution is -2.18. The van der Waals surface area contributed by atoms with Gasteiger partial charge in [-0.05, 0) is 25.7 Å². The van der Waals surface area contributed by atoms with Gasteiger partial charge in [0.2, 0.25) is 0 Å². The molecule has 0 aromatic carbocycles. The van der Waals surface area contributed by atoms with Crippen LogP contribution in [-0.4, -0.2) is 16.0 Å².